The van der Waals surface area contributed by atoms with Gasteiger partial charge in [0.2, 0.25) is 0 Å². The number of likely N-dealkylation sites (tertiary alicyclic amines) is 1. The molecule has 4 heterocycles. The van der Waals surface area contributed by atoms with Crippen molar-refractivity contribution in [1.29, 1.82) is 0 Å². The molecule has 0 aromatic carbocycles. The smallest absolute Gasteiger partial charge is 0.276 e. The van der Waals surface area contributed by atoms with Crippen LogP contribution in [0.3, 0.4) is 0 Å². The minimum absolute atomic E-state index is 0.131. The van der Waals surface area contributed by atoms with Crippen LogP contribution in [-0.4, -0.2) is 39.0 Å². The molecule has 1 fully saturated rings. The van der Waals surface area contributed by atoms with Crippen LogP contribution in [0, 0.1) is 13.8 Å². The van der Waals surface area contributed by atoms with Gasteiger partial charge in [0.05, 0.1) is 4.88 Å². The number of thiophene rings is 1. The molecule has 0 saturated carbocycles. The Balaban J connectivity index is 1.41. The lowest BCUT2D eigenvalue weighted by Gasteiger charge is -2.30. The summed E-state index contributed by atoms with van der Waals surface area (Å²) in [6, 6.07) is 7.59. The molecule has 0 bridgehead atoms. The molecule has 26 heavy (non-hydrogen) atoms. The quantitative estimate of drug-likeness (QED) is 0.702. The average molecular weight is 368 g/mol. The zero-order chi connectivity index (χ0) is 18.1. The Bertz CT molecular complexity index is 891. The first-order valence-electron chi connectivity index (χ1n) is 8.73. The summed E-state index contributed by atoms with van der Waals surface area (Å²) in [4.78, 5) is 25.4. The van der Waals surface area contributed by atoms with Crippen molar-refractivity contribution in [2.24, 2.45) is 0 Å². The van der Waals surface area contributed by atoms with Crippen LogP contribution in [-0.2, 0) is 0 Å². The lowest BCUT2D eigenvalue weighted by molar-refractivity contribution is 0.0715. The van der Waals surface area contributed by atoms with Crippen molar-refractivity contribution in [2.45, 2.75) is 32.6 Å². The highest BCUT2D eigenvalue weighted by molar-refractivity contribution is 7.14. The number of nitrogens with zero attached hydrogens (tertiary/aromatic N) is 4. The number of aromatic nitrogens is 3. The molecular formula is C19H20N4O2S. The average Bonchev–Trinajstić information content (AvgIpc) is 3.30. The Morgan fingerprint density at radius 3 is 2.73 bits per heavy atom. The van der Waals surface area contributed by atoms with Gasteiger partial charge in [0.15, 0.2) is 5.82 Å². The molecule has 0 aliphatic carbocycles. The van der Waals surface area contributed by atoms with Crippen molar-refractivity contribution in [3.8, 4) is 11.6 Å². The molecule has 3 aromatic rings. The van der Waals surface area contributed by atoms with E-state index in [0.717, 1.165) is 17.7 Å². The summed E-state index contributed by atoms with van der Waals surface area (Å²) in [5.41, 5.74) is 1.87. The maximum absolute atomic E-state index is 12.7. The second-order valence-electron chi connectivity index (χ2n) is 6.59. The van der Waals surface area contributed by atoms with Crippen molar-refractivity contribution in [2.75, 3.05) is 13.1 Å². The lowest BCUT2D eigenvalue weighted by Crippen LogP contribution is -2.37. The normalized spacial score (nSPS) is 15.4. The number of carbonyl (C=O) groups is 1. The maximum Gasteiger partial charge on any atom is 0.276 e. The highest BCUT2D eigenvalue weighted by Gasteiger charge is 2.28. The van der Waals surface area contributed by atoms with Crippen molar-refractivity contribution >= 4 is 17.2 Å². The minimum atomic E-state index is 0.131. The number of hydrogen-bond donors (Lipinski definition) is 0. The minimum Gasteiger partial charge on any atom is -0.338 e. The van der Waals surface area contributed by atoms with E-state index in [1.54, 1.807) is 17.5 Å². The standard InChI is InChI=1S/C19H20N4O2S/c1-12-11-16(26-13(12)2)19(24)23-9-6-14(7-10-23)17-21-18(25-22-17)15-5-3-4-8-20-15/h3-5,8,11,14H,6-7,9-10H2,1-2H3. The molecule has 1 aliphatic heterocycles. The Morgan fingerprint density at radius 1 is 1.27 bits per heavy atom. The van der Waals surface area contributed by atoms with Crippen molar-refractivity contribution in [1.82, 2.24) is 20.0 Å². The van der Waals surface area contributed by atoms with Gasteiger partial charge in [-0.05, 0) is 50.5 Å². The van der Waals surface area contributed by atoms with Gasteiger partial charge >= 0.3 is 0 Å². The molecule has 7 heteroatoms. The SMILES string of the molecule is Cc1cc(C(=O)N2CCC(c3noc(-c4ccccn4)n3)CC2)sc1C. The first kappa shape index (κ1) is 16.9. The topological polar surface area (TPSA) is 72.1 Å². The van der Waals surface area contributed by atoms with E-state index in [4.69, 9.17) is 4.52 Å². The molecular weight excluding hydrogens is 348 g/mol. The van der Waals surface area contributed by atoms with Crippen LogP contribution in [0.4, 0.5) is 0 Å². The van der Waals surface area contributed by atoms with Gasteiger partial charge in [-0.3, -0.25) is 9.78 Å². The molecule has 1 amide bonds. The molecule has 1 saturated heterocycles. The second-order valence-corrected chi connectivity index (χ2v) is 7.85. The van der Waals surface area contributed by atoms with Gasteiger partial charge < -0.3 is 9.42 Å². The van der Waals surface area contributed by atoms with Gasteiger partial charge in [0.1, 0.15) is 5.69 Å². The lowest BCUT2D eigenvalue weighted by atomic mass is 9.96. The van der Waals surface area contributed by atoms with Gasteiger partial charge in [-0.1, -0.05) is 11.2 Å². The van der Waals surface area contributed by atoms with Crippen LogP contribution in [0.15, 0.2) is 35.0 Å². The molecule has 3 aromatic heterocycles. The van der Waals surface area contributed by atoms with E-state index in [1.807, 2.05) is 36.1 Å². The molecule has 0 unspecified atom stereocenters. The monoisotopic (exact) mass is 368 g/mol. The highest BCUT2D eigenvalue weighted by Crippen LogP contribution is 2.29. The van der Waals surface area contributed by atoms with Crippen LogP contribution in [0.25, 0.3) is 11.6 Å². The van der Waals surface area contributed by atoms with E-state index in [2.05, 4.69) is 22.0 Å². The predicted molar refractivity (Wildman–Crippen MR) is 99.2 cm³/mol. The van der Waals surface area contributed by atoms with Gasteiger partial charge in [-0.2, -0.15) is 4.98 Å². The van der Waals surface area contributed by atoms with Crippen molar-refractivity contribution in [3.05, 3.63) is 51.6 Å². The van der Waals surface area contributed by atoms with Crippen LogP contribution in [0.1, 0.15) is 44.7 Å². The third-order valence-corrected chi connectivity index (χ3v) is 5.99. The molecule has 0 spiro atoms. The summed E-state index contributed by atoms with van der Waals surface area (Å²) in [5.74, 6) is 1.50. The zero-order valence-electron chi connectivity index (χ0n) is 14.8. The molecule has 134 valence electrons. The van der Waals surface area contributed by atoms with E-state index >= 15 is 0 Å². The van der Waals surface area contributed by atoms with Gasteiger partial charge in [0.25, 0.3) is 11.8 Å². The Kier molecular flexibility index (Phi) is 4.55. The molecule has 0 atom stereocenters. The third-order valence-electron chi connectivity index (χ3n) is 4.85. The second kappa shape index (κ2) is 6.99. The first-order valence-corrected chi connectivity index (χ1v) is 9.55. The number of aryl methyl sites for hydroxylation is 2. The number of piperidine rings is 1. The summed E-state index contributed by atoms with van der Waals surface area (Å²) in [7, 11) is 0. The summed E-state index contributed by atoms with van der Waals surface area (Å²) >= 11 is 1.58. The fraction of sp³-hybridized carbons (Fsp3) is 0.368. The van der Waals surface area contributed by atoms with Gasteiger partial charge in [-0.25, -0.2) is 0 Å². The van der Waals surface area contributed by atoms with Crippen LogP contribution in [0.5, 0.6) is 0 Å². The van der Waals surface area contributed by atoms with Crippen molar-refractivity contribution < 1.29 is 9.32 Å². The summed E-state index contributed by atoms with van der Waals surface area (Å²) in [6.45, 7) is 5.53. The van der Waals surface area contributed by atoms with E-state index in [9.17, 15) is 4.79 Å². The molecule has 4 rings (SSSR count). The number of carbonyl (C=O) groups excluding carboxylic acids is 1. The van der Waals surface area contributed by atoms with E-state index < -0.39 is 0 Å². The molecule has 0 radical (unpaired) electrons. The molecule has 0 N–H and O–H groups in total. The predicted octanol–water partition coefficient (Wildman–Crippen LogP) is 3.83. The van der Waals surface area contributed by atoms with E-state index in [-0.39, 0.29) is 11.8 Å². The number of pyridine rings is 1. The van der Waals surface area contributed by atoms with Gasteiger partial charge in [-0.15, -0.1) is 11.3 Å². The highest BCUT2D eigenvalue weighted by atomic mass is 32.1. The number of rotatable bonds is 3. The zero-order valence-corrected chi connectivity index (χ0v) is 15.6. The molecule has 1 aliphatic rings. The van der Waals surface area contributed by atoms with E-state index in [0.29, 0.717) is 30.5 Å². The largest absolute Gasteiger partial charge is 0.338 e. The molecule has 6 nitrogen and oxygen atoms in total. The maximum atomic E-state index is 12.7. The van der Waals surface area contributed by atoms with Crippen LogP contribution in [0.2, 0.25) is 0 Å². The van der Waals surface area contributed by atoms with Crippen molar-refractivity contribution in [3.63, 3.8) is 0 Å². The summed E-state index contributed by atoms with van der Waals surface area (Å²) in [5, 5.41) is 4.13. The van der Waals surface area contributed by atoms with Crippen LogP contribution < -0.4 is 0 Å². The summed E-state index contributed by atoms with van der Waals surface area (Å²) in [6.07, 6.45) is 3.39. The number of hydrogen-bond acceptors (Lipinski definition) is 6. The van der Waals surface area contributed by atoms with Crippen LogP contribution >= 0.6 is 11.3 Å². The number of amides is 1. The Morgan fingerprint density at radius 2 is 2.08 bits per heavy atom. The van der Waals surface area contributed by atoms with Gasteiger partial charge in [0, 0.05) is 30.1 Å². The third kappa shape index (κ3) is 3.26. The fourth-order valence-electron chi connectivity index (χ4n) is 3.17. The summed E-state index contributed by atoms with van der Waals surface area (Å²) < 4.78 is 5.36. The fourth-order valence-corrected chi connectivity index (χ4v) is 4.17. The Hall–Kier alpha value is -2.54. The van der Waals surface area contributed by atoms with E-state index in [1.165, 1.54) is 10.4 Å². The Labute approximate surface area is 155 Å². The first-order chi connectivity index (χ1) is 12.6.